The standard InChI is InChI=1S/C24H19N3O2S/c28-22(19-14-8-3-9-15-19)26-21(18-12-6-2-7-13-18)23(29)27-24-25-20(16-30-24)17-10-4-1-5-11-17/h1-16,21H,(H,26,28)(H,25,27,29). The number of nitrogens with zero attached hydrogens (tertiary/aromatic N) is 1. The summed E-state index contributed by atoms with van der Waals surface area (Å²) in [5.41, 5.74) is 2.96. The van der Waals surface area contributed by atoms with Gasteiger partial charge in [0.2, 0.25) is 0 Å². The molecule has 0 radical (unpaired) electrons. The highest BCUT2D eigenvalue weighted by Crippen LogP contribution is 2.25. The normalized spacial score (nSPS) is 11.5. The predicted molar refractivity (Wildman–Crippen MR) is 119 cm³/mol. The molecule has 0 saturated heterocycles. The molecular formula is C24H19N3O2S. The van der Waals surface area contributed by atoms with E-state index in [0.29, 0.717) is 16.3 Å². The molecule has 2 N–H and O–H groups in total. The van der Waals surface area contributed by atoms with Gasteiger partial charge in [0.05, 0.1) is 5.69 Å². The van der Waals surface area contributed by atoms with E-state index >= 15 is 0 Å². The number of aromatic nitrogens is 1. The number of thiazole rings is 1. The molecule has 4 aromatic rings. The molecule has 2 amide bonds. The van der Waals surface area contributed by atoms with Crippen LogP contribution in [0.3, 0.4) is 0 Å². The largest absolute Gasteiger partial charge is 0.336 e. The summed E-state index contributed by atoms with van der Waals surface area (Å²) in [6, 6.07) is 26.9. The summed E-state index contributed by atoms with van der Waals surface area (Å²) >= 11 is 1.34. The average molecular weight is 414 g/mol. The fraction of sp³-hybridized carbons (Fsp3) is 0.0417. The van der Waals surface area contributed by atoms with E-state index in [2.05, 4.69) is 15.6 Å². The van der Waals surface area contributed by atoms with Gasteiger partial charge in [-0.05, 0) is 17.7 Å². The minimum absolute atomic E-state index is 0.316. The number of anilines is 1. The fourth-order valence-corrected chi connectivity index (χ4v) is 3.72. The highest BCUT2D eigenvalue weighted by Gasteiger charge is 2.24. The van der Waals surface area contributed by atoms with Crippen LogP contribution in [-0.2, 0) is 4.79 Å². The number of hydrogen-bond donors (Lipinski definition) is 2. The summed E-state index contributed by atoms with van der Waals surface area (Å²) < 4.78 is 0. The first-order valence-corrected chi connectivity index (χ1v) is 10.3. The van der Waals surface area contributed by atoms with Crippen LogP contribution in [0.15, 0.2) is 96.4 Å². The van der Waals surface area contributed by atoms with Crippen molar-refractivity contribution in [2.75, 3.05) is 5.32 Å². The first kappa shape index (κ1) is 19.5. The molecule has 0 aliphatic carbocycles. The Morgan fingerprint density at radius 1 is 0.800 bits per heavy atom. The molecule has 6 heteroatoms. The second kappa shape index (κ2) is 9.15. The summed E-state index contributed by atoms with van der Waals surface area (Å²) in [7, 11) is 0. The molecule has 148 valence electrons. The van der Waals surface area contributed by atoms with Gasteiger partial charge in [-0.25, -0.2) is 4.98 Å². The van der Waals surface area contributed by atoms with Crippen molar-refractivity contribution in [2.45, 2.75) is 6.04 Å². The van der Waals surface area contributed by atoms with E-state index in [0.717, 1.165) is 11.3 Å². The summed E-state index contributed by atoms with van der Waals surface area (Å²) in [4.78, 5) is 30.2. The minimum Gasteiger partial charge on any atom is -0.336 e. The van der Waals surface area contributed by atoms with E-state index in [-0.39, 0.29) is 11.8 Å². The number of carbonyl (C=O) groups excluding carboxylic acids is 2. The Morgan fingerprint density at radius 3 is 2.07 bits per heavy atom. The zero-order chi connectivity index (χ0) is 20.8. The quantitative estimate of drug-likeness (QED) is 0.471. The number of carbonyl (C=O) groups is 2. The molecule has 1 unspecified atom stereocenters. The maximum absolute atomic E-state index is 13.1. The van der Waals surface area contributed by atoms with E-state index in [9.17, 15) is 9.59 Å². The molecule has 3 aromatic carbocycles. The lowest BCUT2D eigenvalue weighted by molar-refractivity contribution is -0.118. The van der Waals surface area contributed by atoms with Gasteiger partial charge in [-0.1, -0.05) is 78.9 Å². The Labute approximate surface area is 178 Å². The second-order valence-electron chi connectivity index (χ2n) is 6.58. The summed E-state index contributed by atoms with van der Waals surface area (Å²) in [6.07, 6.45) is 0. The monoisotopic (exact) mass is 413 g/mol. The topological polar surface area (TPSA) is 71.1 Å². The van der Waals surface area contributed by atoms with Crippen molar-refractivity contribution in [1.29, 1.82) is 0 Å². The van der Waals surface area contributed by atoms with E-state index in [1.165, 1.54) is 11.3 Å². The third kappa shape index (κ3) is 4.61. The molecule has 5 nitrogen and oxygen atoms in total. The van der Waals surface area contributed by atoms with Crippen LogP contribution in [0.25, 0.3) is 11.3 Å². The molecule has 0 saturated carbocycles. The first-order chi connectivity index (χ1) is 14.7. The zero-order valence-electron chi connectivity index (χ0n) is 16.0. The molecule has 1 atom stereocenters. The van der Waals surface area contributed by atoms with Crippen LogP contribution in [0.4, 0.5) is 5.13 Å². The summed E-state index contributed by atoms with van der Waals surface area (Å²) in [6.45, 7) is 0. The smallest absolute Gasteiger partial charge is 0.253 e. The number of hydrogen-bond acceptors (Lipinski definition) is 4. The van der Waals surface area contributed by atoms with Crippen molar-refractivity contribution in [1.82, 2.24) is 10.3 Å². The Bertz CT molecular complexity index is 1130. The van der Waals surface area contributed by atoms with Crippen molar-refractivity contribution in [3.05, 3.63) is 108 Å². The Kier molecular flexibility index (Phi) is 5.96. The van der Waals surface area contributed by atoms with Gasteiger partial charge in [0.25, 0.3) is 11.8 Å². The van der Waals surface area contributed by atoms with Crippen LogP contribution in [0.5, 0.6) is 0 Å². The zero-order valence-corrected chi connectivity index (χ0v) is 16.8. The van der Waals surface area contributed by atoms with Crippen molar-refractivity contribution in [2.24, 2.45) is 0 Å². The van der Waals surface area contributed by atoms with Crippen LogP contribution < -0.4 is 10.6 Å². The third-order valence-corrected chi connectivity index (χ3v) is 5.27. The molecule has 4 rings (SSSR count). The lowest BCUT2D eigenvalue weighted by Gasteiger charge is -2.18. The van der Waals surface area contributed by atoms with Crippen molar-refractivity contribution in [3.8, 4) is 11.3 Å². The fourth-order valence-electron chi connectivity index (χ4n) is 3.00. The van der Waals surface area contributed by atoms with Gasteiger partial charge in [0.15, 0.2) is 5.13 Å². The minimum atomic E-state index is -0.844. The van der Waals surface area contributed by atoms with Crippen LogP contribution >= 0.6 is 11.3 Å². The third-order valence-electron chi connectivity index (χ3n) is 4.51. The predicted octanol–water partition coefficient (Wildman–Crippen LogP) is 4.92. The Morgan fingerprint density at radius 2 is 1.40 bits per heavy atom. The second-order valence-corrected chi connectivity index (χ2v) is 7.43. The highest BCUT2D eigenvalue weighted by molar-refractivity contribution is 7.14. The van der Waals surface area contributed by atoms with Crippen LogP contribution in [0, 0.1) is 0 Å². The molecule has 30 heavy (non-hydrogen) atoms. The molecule has 1 heterocycles. The van der Waals surface area contributed by atoms with Gasteiger partial charge in [0.1, 0.15) is 6.04 Å². The Balaban J connectivity index is 1.54. The molecular weight excluding hydrogens is 394 g/mol. The lowest BCUT2D eigenvalue weighted by atomic mass is 10.1. The lowest BCUT2D eigenvalue weighted by Crippen LogP contribution is -2.37. The number of rotatable bonds is 6. The Hall–Kier alpha value is -3.77. The van der Waals surface area contributed by atoms with Crippen LogP contribution in [-0.4, -0.2) is 16.8 Å². The number of nitrogens with one attached hydrogen (secondary N) is 2. The van der Waals surface area contributed by atoms with Gasteiger partial charge >= 0.3 is 0 Å². The summed E-state index contributed by atoms with van der Waals surface area (Å²) in [5.74, 6) is -0.664. The summed E-state index contributed by atoms with van der Waals surface area (Å²) in [5, 5.41) is 8.05. The van der Waals surface area contributed by atoms with Gasteiger partial charge in [-0.2, -0.15) is 0 Å². The van der Waals surface area contributed by atoms with Gasteiger partial charge in [-0.15, -0.1) is 11.3 Å². The van der Waals surface area contributed by atoms with Crippen molar-refractivity contribution in [3.63, 3.8) is 0 Å². The molecule has 0 bridgehead atoms. The van der Waals surface area contributed by atoms with E-state index in [1.807, 2.05) is 72.1 Å². The van der Waals surface area contributed by atoms with Crippen LogP contribution in [0.1, 0.15) is 22.0 Å². The molecule has 0 spiro atoms. The molecule has 1 aromatic heterocycles. The number of amides is 2. The van der Waals surface area contributed by atoms with Crippen molar-refractivity contribution >= 4 is 28.3 Å². The van der Waals surface area contributed by atoms with E-state index in [4.69, 9.17) is 0 Å². The van der Waals surface area contributed by atoms with E-state index < -0.39 is 6.04 Å². The maximum Gasteiger partial charge on any atom is 0.253 e. The molecule has 0 aliphatic rings. The highest BCUT2D eigenvalue weighted by atomic mass is 32.1. The van der Waals surface area contributed by atoms with Gasteiger partial charge in [0, 0.05) is 16.5 Å². The first-order valence-electron chi connectivity index (χ1n) is 9.43. The van der Waals surface area contributed by atoms with Crippen LogP contribution in [0.2, 0.25) is 0 Å². The molecule has 0 fully saturated rings. The van der Waals surface area contributed by atoms with Crippen molar-refractivity contribution < 1.29 is 9.59 Å². The average Bonchev–Trinajstić information content (AvgIpc) is 3.27. The van der Waals surface area contributed by atoms with Gasteiger partial charge in [-0.3, -0.25) is 14.9 Å². The molecule has 0 aliphatic heterocycles. The van der Waals surface area contributed by atoms with Gasteiger partial charge < -0.3 is 5.32 Å². The maximum atomic E-state index is 13.1. The van der Waals surface area contributed by atoms with E-state index in [1.54, 1.807) is 24.3 Å². The number of benzene rings is 3. The SMILES string of the molecule is O=C(NC(C(=O)Nc1nc(-c2ccccc2)cs1)c1ccccc1)c1ccccc1.